The molecule has 2 aromatic carbocycles. The molecule has 0 saturated heterocycles. The first-order valence-corrected chi connectivity index (χ1v) is 13.4. The molecular formula is C31H34N6. The van der Waals surface area contributed by atoms with Crippen LogP contribution in [0.5, 0.6) is 0 Å². The largest absolute Gasteiger partial charge is 0.382 e. The molecule has 3 aromatic heterocycles. The van der Waals surface area contributed by atoms with E-state index >= 15 is 0 Å². The van der Waals surface area contributed by atoms with Gasteiger partial charge in [-0.2, -0.15) is 0 Å². The predicted molar refractivity (Wildman–Crippen MR) is 152 cm³/mol. The number of anilines is 1. The molecule has 6 rings (SSSR count). The van der Waals surface area contributed by atoms with Crippen LogP contribution in [-0.2, 0) is 0 Å². The van der Waals surface area contributed by atoms with Crippen LogP contribution in [0.25, 0.3) is 38.9 Å². The van der Waals surface area contributed by atoms with Gasteiger partial charge in [0.25, 0.3) is 0 Å². The summed E-state index contributed by atoms with van der Waals surface area (Å²) in [5.74, 6) is 2.79. The summed E-state index contributed by atoms with van der Waals surface area (Å²) in [4.78, 5) is 14.7. The third-order valence-electron chi connectivity index (χ3n) is 7.86. The van der Waals surface area contributed by atoms with Crippen LogP contribution in [0.4, 0.5) is 5.82 Å². The predicted octanol–water partition coefficient (Wildman–Crippen LogP) is 6.39. The fourth-order valence-electron chi connectivity index (χ4n) is 5.86. The molecule has 3 N–H and O–H groups in total. The van der Waals surface area contributed by atoms with Gasteiger partial charge in [-0.15, -0.1) is 0 Å². The SMILES string of the molecule is CCNC[C@H]1CC[C@H](c2nc(-c3ccc4c(C)cc(-c5ccccc5)nc4c3)c3c(N)nccn32)CC1. The number of nitrogens with zero attached hydrogens (tertiary/aromatic N) is 4. The average Bonchev–Trinajstić information content (AvgIpc) is 3.33. The Labute approximate surface area is 218 Å². The molecule has 1 aliphatic rings. The Hall–Kier alpha value is -3.77. The molecule has 5 aromatic rings. The lowest BCUT2D eigenvalue weighted by molar-refractivity contribution is 0.309. The maximum Gasteiger partial charge on any atom is 0.150 e. The first kappa shape index (κ1) is 23.6. The van der Waals surface area contributed by atoms with Crippen molar-refractivity contribution in [2.45, 2.75) is 45.4 Å². The first-order valence-electron chi connectivity index (χ1n) is 13.4. The highest BCUT2D eigenvalue weighted by atomic mass is 15.1. The lowest BCUT2D eigenvalue weighted by Gasteiger charge is -2.28. The molecule has 1 aliphatic carbocycles. The molecule has 0 radical (unpaired) electrons. The number of hydrogen-bond donors (Lipinski definition) is 2. The Morgan fingerprint density at radius 3 is 2.57 bits per heavy atom. The number of pyridine rings is 1. The minimum atomic E-state index is 0.423. The van der Waals surface area contributed by atoms with Gasteiger partial charge in [-0.1, -0.05) is 49.4 Å². The number of hydrogen-bond acceptors (Lipinski definition) is 5. The van der Waals surface area contributed by atoms with Crippen LogP contribution in [0.3, 0.4) is 0 Å². The van der Waals surface area contributed by atoms with Crippen LogP contribution < -0.4 is 11.1 Å². The second-order valence-electron chi connectivity index (χ2n) is 10.3. The van der Waals surface area contributed by atoms with E-state index in [0.29, 0.717) is 11.7 Å². The molecule has 0 bridgehead atoms. The van der Waals surface area contributed by atoms with Crippen LogP contribution in [0.2, 0.25) is 0 Å². The van der Waals surface area contributed by atoms with E-state index in [1.54, 1.807) is 6.20 Å². The summed E-state index contributed by atoms with van der Waals surface area (Å²) >= 11 is 0. The second-order valence-corrected chi connectivity index (χ2v) is 10.3. The van der Waals surface area contributed by atoms with E-state index < -0.39 is 0 Å². The summed E-state index contributed by atoms with van der Waals surface area (Å²) in [6, 6.07) is 19.0. The number of aryl methyl sites for hydroxylation is 1. The van der Waals surface area contributed by atoms with Crippen molar-refractivity contribution in [3.8, 4) is 22.5 Å². The normalized spacial score (nSPS) is 18.0. The average molecular weight is 491 g/mol. The van der Waals surface area contributed by atoms with Crippen LogP contribution in [0.15, 0.2) is 67.0 Å². The smallest absolute Gasteiger partial charge is 0.150 e. The summed E-state index contributed by atoms with van der Waals surface area (Å²) < 4.78 is 2.18. The van der Waals surface area contributed by atoms with Gasteiger partial charge in [0.2, 0.25) is 0 Å². The molecule has 1 saturated carbocycles. The van der Waals surface area contributed by atoms with Crippen molar-refractivity contribution < 1.29 is 0 Å². The van der Waals surface area contributed by atoms with Gasteiger partial charge >= 0.3 is 0 Å². The lowest BCUT2D eigenvalue weighted by atomic mass is 9.81. The maximum atomic E-state index is 6.46. The Kier molecular flexibility index (Phi) is 6.35. The third-order valence-corrected chi connectivity index (χ3v) is 7.86. The molecule has 6 nitrogen and oxygen atoms in total. The fraction of sp³-hybridized carbons (Fsp3) is 0.323. The topological polar surface area (TPSA) is 81.1 Å². The van der Waals surface area contributed by atoms with Crippen molar-refractivity contribution in [3.05, 3.63) is 78.4 Å². The maximum absolute atomic E-state index is 6.46. The molecular weight excluding hydrogens is 456 g/mol. The molecule has 6 heteroatoms. The molecule has 0 atom stereocenters. The Bertz CT molecular complexity index is 1550. The zero-order valence-electron chi connectivity index (χ0n) is 21.6. The summed E-state index contributed by atoms with van der Waals surface area (Å²) in [5, 5.41) is 4.67. The van der Waals surface area contributed by atoms with E-state index in [4.69, 9.17) is 15.7 Å². The van der Waals surface area contributed by atoms with Crippen molar-refractivity contribution in [1.82, 2.24) is 24.7 Å². The van der Waals surface area contributed by atoms with Crippen molar-refractivity contribution in [2.24, 2.45) is 5.92 Å². The number of imidazole rings is 1. The fourth-order valence-corrected chi connectivity index (χ4v) is 5.86. The summed E-state index contributed by atoms with van der Waals surface area (Å²) in [6.45, 7) is 6.47. The zero-order chi connectivity index (χ0) is 25.4. The van der Waals surface area contributed by atoms with E-state index in [1.807, 2.05) is 12.3 Å². The Morgan fingerprint density at radius 2 is 1.78 bits per heavy atom. The van der Waals surface area contributed by atoms with Gasteiger partial charge in [-0.3, -0.25) is 4.40 Å². The first-order chi connectivity index (χ1) is 18.1. The molecule has 3 heterocycles. The minimum absolute atomic E-state index is 0.423. The van der Waals surface area contributed by atoms with Crippen LogP contribution in [0, 0.1) is 12.8 Å². The van der Waals surface area contributed by atoms with E-state index in [1.165, 1.54) is 18.4 Å². The Morgan fingerprint density at radius 1 is 0.973 bits per heavy atom. The van der Waals surface area contributed by atoms with E-state index in [0.717, 1.165) is 76.6 Å². The molecule has 0 amide bonds. The van der Waals surface area contributed by atoms with Crippen molar-refractivity contribution in [2.75, 3.05) is 18.8 Å². The summed E-state index contributed by atoms with van der Waals surface area (Å²) in [7, 11) is 0. The summed E-state index contributed by atoms with van der Waals surface area (Å²) in [5.41, 5.74) is 13.5. The number of rotatable bonds is 6. The quantitative estimate of drug-likeness (QED) is 0.288. The third kappa shape index (κ3) is 4.46. The Balaban J connectivity index is 1.41. The molecule has 0 aliphatic heterocycles. The van der Waals surface area contributed by atoms with Gasteiger partial charge in [-0.05, 0) is 69.3 Å². The van der Waals surface area contributed by atoms with E-state index in [9.17, 15) is 0 Å². The highest BCUT2D eigenvalue weighted by Crippen LogP contribution is 2.39. The molecule has 188 valence electrons. The molecule has 1 fully saturated rings. The highest BCUT2D eigenvalue weighted by molar-refractivity contribution is 5.92. The van der Waals surface area contributed by atoms with Gasteiger partial charge in [-0.25, -0.2) is 15.0 Å². The lowest BCUT2D eigenvalue weighted by Crippen LogP contribution is -2.26. The number of aromatic nitrogens is 4. The van der Waals surface area contributed by atoms with Crippen molar-refractivity contribution in [1.29, 1.82) is 0 Å². The number of nitrogens with two attached hydrogens (primary N) is 1. The number of nitrogen functional groups attached to an aromatic ring is 1. The summed E-state index contributed by atoms with van der Waals surface area (Å²) in [6.07, 6.45) is 8.55. The van der Waals surface area contributed by atoms with Gasteiger partial charge in [0.1, 0.15) is 22.9 Å². The van der Waals surface area contributed by atoms with Crippen LogP contribution in [0.1, 0.15) is 49.9 Å². The molecule has 0 unspecified atom stereocenters. The van der Waals surface area contributed by atoms with Gasteiger partial charge < -0.3 is 11.1 Å². The van der Waals surface area contributed by atoms with Gasteiger partial charge in [0.15, 0.2) is 0 Å². The monoisotopic (exact) mass is 490 g/mol. The number of fused-ring (bicyclic) bond motifs is 2. The molecule has 37 heavy (non-hydrogen) atoms. The number of nitrogens with one attached hydrogen (secondary N) is 1. The second kappa shape index (κ2) is 9.94. The van der Waals surface area contributed by atoms with Crippen molar-refractivity contribution in [3.63, 3.8) is 0 Å². The van der Waals surface area contributed by atoms with Crippen LogP contribution >= 0.6 is 0 Å². The van der Waals surface area contributed by atoms with Crippen LogP contribution in [-0.4, -0.2) is 32.4 Å². The van der Waals surface area contributed by atoms with Gasteiger partial charge in [0, 0.05) is 34.8 Å². The zero-order valence-corrected chi connectivity index (χ0v) is 21.6. The van der Waals surface area contributed by atoms with Gasteiger partial charge in [0.05, 0.1) is 11.2 Å². The standard InChI is InChI=1S/C31H34N6/c1-3-33-19-21-9-11-23(12-10-21)31-36-28(29-30(32)34-15-16-37(29)31)24-13-14-25-20(2)17-26(35-27(25)18-24)22-7-5-4-6-8-22/h4-8,13-18,21,23,33H,3,9-12,19H2,1-2H3,(H2,32,34)/t21-,23-. The highest BCUT2D eigenvalue weighted by Gasteiger charge is 2.27. The number of benzene rings is 2. The van der Waals surface area contributed by atoms with E-state index in [-0.39, 0.29) is 0 Å². The molecule has 0 spiro atoms. The van der Waals surface area contributed by atoms with Crippen molar-refractivity contribution >= 4 is 22.2 Å². The minimum Gasteiger partial charge on any atom is -0.382 e. The van der Waals surface area contributed by atoms with E-state index in [2.05, 4.69) is 77.1 Å².